The number of hydrogen-bond acceptors (Lipinski definition) is 7. The van der Waals surface area contributed by atoms with E-state index in [0.29, 0.717) is 23.8 Å². The molecule has 0 fully saturated rings. The maximum atomic E-state index is 11.8. The molecule has 1 N–H and O–H groups in total. The molecule has 0 bridgehead atoms. The van der Waals surface area contributed by atoms with Crippen LogP contribution in [0, 0.1) is 4.91 Å². The number of nitroso groups, excluding NO2 is 1. The van der Waals surface area contributed by atoms with E-state index < -0.39 is 5.91 Å². The molecule has 0 unspecified atom stereocenters. The SMILES string of the molecule is O=NC(=O)c1cncc(-c2nc(NCc3ccccn3)c3c(-c4ccccc4)cccc3n2)c1. The summed E-state index contributed by atoms with van der Waals surface area (Å²) in [6.07, 6.45) is 4.58. The van der Waals surface area contributed by atoms with Gasteiger partial charge in [-0.05, 0) is 35.4 Å². The lowest BCUT2D eigenvalue weighted by Crippen LogP contribution is -2.06. The first-order chi connectivity index (χ1) is 16.7. The Balaban J connectivity index is 1.67. The summed E-state index contributed by atoms with van der Waals surface area (Å²) in [5.74, 6) is 0.0969. The topological polar surface area (TPSA) is 110 Å². The van der Waals surface area contributed by atoms with Crippen LogP contribution >= 0.6 is 0 Å². The number of aromatic nitrogens is 4. The number of amides is 1. The number of fused-ring (bicyclic) bond motifs is 1. The number of anilines is 1. The van der Waals surface area contributed by atoms with E-state index in [1.54, 1.807) is 12.4 Å². The highest BCUT2D eigenvalue weighted by atomic mass is 16.3. The Morgan fingerprint density at radius 3 is 2.53 bits per heavy atom. The Morgan fingerprint density at radius 1 is 0.882 bits per heavy atom. The molecule has 8 heteroatoms. The van der Waals surface area contributed by atoms with Crippen molar-refractivity contribution in [2.24, 2.45) is 5.18 Å². The number of nitrogens with one attached hydrogen (secondary N) is 1. The number of pyridine rings is 2. The monoisotopic (exact) mass is 446 g/mol. The summed E-state index contributed by atoms with van der Waals surface area (Å²) in [5.41, 5.74) is 4.19. The first-order valence-corrected chi connectivity index (χ1v) is 10.6. The zero-order valence-corrected chi connectivity index (χ0v) is 17.9. The van der Waals surface area contributed by atoms with E-state index in [9.17, 15) is 9.70 Å². The van der Waals surface area contributed by atoms with E-state index in [1.807, 2.05) is 66.7 Å². The first kappa shape index (κ1) is 21.0. The molecule has 164 valence electrons. The molecule has 1 amide bonds. The van der Waals surface area contributed by atoms with Crippen molar-refractivity contribution in [3.05, 3.63) is 108 Å². The van der Waals surface area contributed by atoms with Gasteiger partial charge in [-0.3, -0.25) is 14.8 Å². The first-order valence-electron chi connectivity index (χ1n) is 10.6. The van der Waals surface area contributed by atoms with E-state index >= 15 is 0 Å². The van der Waals surface area contributed by atoms with E-state index in [-0.39, 0.29) is 5.56 Å². The molecule has 5 rings (SSSR count). The van der Waals surface area contributed by atoms with Crippen LogP contribution in [0.15, 0.2) is 96.6 Å². The third kappa shape index (κ3) is 4.24. The van der Waals surface area contributed by atoms with Gasteiger partial charge in [0.05, 0.1) is 28.7 Å². The average molecular weight is 446 g/mol. The van der Waals surface area contributed by atoms with Crippen molar-refractivity contribution in [2.75, 3.05) is 5.32 Å². The fraction of sp³-hybridized carbons (Fsp3) is 0.0385. The van der Waals surface area contributed by atoms with Gasteiger partial charge in [-0.1, -0.05) is 48.5 Å². The van der Waals surface area contributed by atoms with Crippen LogP contribution in [0.5, 0.6) is 0 Å². The predicted octanol–water partition coefficient (Wildman–Crippen LogP) is 5.27. The van der Waals surface area contributed by atoms with Gasteiger partial charge in [-0.15, -0.1) is 4.91 Å². The minimum Gasteiger partial charge on any atom is -0.364 e. The summed E-state index contributed by atoms with van der Waals surface area (Å²) in [7, 11) is 0. The maximum absolute atomic E-state index is 11.8. The van der Waals surface area contributed by atoms with Crippen molar-refractivity contribution in [3.63, 3.8) is 0 Å². The van der Waals surface area contributed by atoms with Crippen molar-refractivity contribution >= 4 is 22.6 Å². The molecule has 8 nitrogen and oxygen atoms in total. The standard InChI is InChI=1S/C26H18N6O2/c33-26(32-34)19-13-18(14-27-15-19)24-30-22-11-6-10-21(17-7-2-1-3-8-17)23(22)25(31-24)29-16-20-9-4-5-12-28-20/h1-15H,16H2,(H,29,30,31). The predicted molar refractivity (Wildman–Crippen MR) is 130 cm³/mol. The minimum atomic E-state index is -0.894. The molecule has 0 saturated carbocycles. The third-order valence-corrected chi connectivity index (χ3v) is 5.30. The molecule has 0 aliphatic carbocycles. The Labute approximate surface area is 194 Å². The van der Waals surface area contributed by atoms with Gasteiger partial charge in [0, 0.05) is 29.3 Å². The molecule has 3 heterocycles. The maximum Gasteiger partial charge on any atom is 0.318 e. The van der Waals surface area contributed by atoms with Crippen LogP contribution in [0.4, 0.5) is 5.82 Å². The van der Waals surface area contributed by atoms with Crippen LogP contribution in [0.25, 0.3) is 33.4 Å². The Morgan fingerprint density at radius 2 is 1.74 bits per heavy atom. The highest BCUT2D eigenvalue weighted by molar-refractivity contribution is 6.02. The lowest BCUT2D eigenvalue weighted by molar-refractivity contribution is 0.100. The van der Waals surface area contributed by atoms with E-state index in [2.05, 4.69) is 20.5 Å². The number of carbonyl (C=O) groups is 1. The van der Waals surface area contributed by atoms with Gasteiger partial charge in [0.25, 0.3) is 0 Å². The summed E-state index contributed by atoms with van der Waals surface area (Å²) >= 11 is 0. The number of nitrogens with zero attached hydrogens (tertiary/aromatic N) is 5. The Bertz CT molecular complexity index is 1490. The zero-order valence-electron chi connectivity index (χ0n) is 17.9. The third-order valence-electron chi connectivity index (χ3n) is 5.30. The van der Waals surface area contributed by atoms with Gasteiger partial charge in [0.2, 0.25) is 0 Å². The van der Waals surface area contributed by atoms with Gasteiger partial charge >= 0.3 is 5.91 Å². The molecule has 0 radical (unpaired) electrons. The molecule has 0 aliphatic rings. The fourth-order valence-electron chi connectivity index (χ4n) is 3.71. The zero-order chi connectivity index (χ0) is 23.3. The molecule has 34 heavy (non-hydrogen) atoms. The van der Waals surface area contributed by atoms with Crippen LogP contribution in [-0.2, 0) is 6.54 Å². The summed E-state index contributed by atoms with van der Waals surface area (Å²) in [6, 6.07) is 23.1. The van der Waals surface area contributed by atoms with Crippen molar-refractivity contribution in [3.8, 4) is 22.5 Å². The van der Waals surface area contributed by atoms with Crippen molar-refractivity contribution in [1.82, 2.24) is 19.9 Å². The number of benzene rings is 2. The number of rotatable bonds is 6. The molecule has 3 aromatic heterocycles. The van der Waals surface area contributed by atoms with Gasteiger partial charge in [-0.25, -0.2) is 9.97 Å². The van der Waals surface area contributed by atoms with Crippen LogP contribution in [-0.4, -0.2) is 25.8 Å². The normalized spacial score (nSPS) is 10.7. The quantitative estimate of drug-likeness (QED) is 0.354. The second-order valence-electron chi connectivity index (χ2n) is 7.49. The van der Waals surface area contributed by atoms with Crippen molar-refractivity contribution in [2.45, 2.75) is 6.54 Å². The molecular weight excluding hydrogens is 428 g/mol. The average Bonchev–Trinajstić information content (AvgIpc) is 2.92. The van der Waals surface area contributed by atoms with Gasteiger partial charge in [-0.2, -0.15) is 0 Å². The second kappa shape index (κ2) is 9.33. The van der Waals surface area contributed by atoms with E-state index in [4.69, 9.17) is 9.97 Å². The van der Waals surface area contributed by atoms with Crippen molar-refractivity contribution in [1.29, 1.82) is 0 Å². The van der Waals surface area contributed by atoms with E-state index in [0.717, 1.165) is 27.7 Å². The summed E-state index contributed by atoms with van der Waals surface area (Å²) in [5, 5.41) is 6.75. The Hall–Kier alpha value is -4.85. The molecular formula is C26H18N6O2. The molecule has 0 atom stereocenters. The number of carbonyl (C=O) groups excluding carboxylic acids is 1. The molecule has 2 aromatic carbocycles. The van der Waals surface area contributed by atoms with Crippen LogP contribution in [0.2, 0.25) is 0 Å². The van der Waals surface area contributed by atoms with Crippen LogP contribution < -0.4 is 5.32 Å². The molecule has 0 saturated heterocycles. The molecule has 0 aliphatic heterocycles. The van der Waals surface area contributed by atoms with Gasteiger partial charge < -0.3 is 5.32 Å². The van der Waals surface area contributed by atoms with Gasteiger partial charge in [0.1, 0.15) is 5.82 Å². The summed E-state index contributed by atoms with van der Waals surface area (Å²) < 4.78 is 0. The highest BCUT2D eigenvalue weighted by Crippen LogP contribution is 2.34. The largest absolute Gasteiger partial charge is 0.364 e. The smallest absolute Gasteiger partial charge is 0.318 e. The fourth-order valence-corrected chi connectivity index (χ4v) is 3.71. The lowest BCUT2D eigenvalue weighted by atomic mass is 10.0. The minimum absolute atomic E-state index is 0.0808. The Kier molecular flexibility index (Phi) is 5.77. The second-order valence-corrected chi connectivity index (χ2v) is 7.49. The molecule has 5 aromatic rings. The van der Waals surface area contributed by atoms with Crippen LogP contribution in [0.1, 0.15) is 16.1 Å². The highest BCUT2D eigenvalue weighted by Gasteiger charge is 2.16. The van der Waals surface area contributed by atoms with Crippen LogP contribution in [0.3, 0.4) is 0 Å². The summed E-state index contributed by atoms with van der Waals surface area (Å²) in [4.78, 5) is 40.4. The van der Waals surface area contributed by atoms with E-state index in [1.165, 1.54) is 12.3 Å². The molecule has 0 spiro atoms. The van der Waals surface area contributed by atoms with Crippen molar-refractivity contribution < 1.29 is 4.79 Å². The summed E-state index contributed by atoms with van der Waals surface area (Å²) in [6.45, 7) is 0.460. The van der Waals surface area contributed by atoms with Gasteiger partial charge in [0.15, 0.2) is 5.82 Å². The number of hydrogen-bond donors (Lipinski definition) is 1. The lowest BCUT2D eigenvalue weighted by Gasteiger charge is -2.14.